The maximum Gasteiger partial charge on any atom is 0.208 e. The third-order valence-corrected chi connectivity index (χ3v) is 13.3. The van der Waals surface area contributed by atoms with Crippen LogP contribution in [0.1, 0.15) is 0 Å². The van der Waals surface area contributed by atoms with E-state index in [-0.39, 0.29) is 0 Å². The highest BCUT2D eigenvalue weighted by molar-refractivity contribution is 6.33. The number of hydrogen-bond acceptors (Lipinski definition) is 31. The number of furan rings is 1. The predicted octanol–water partition coefficient (Wildman–Crippen LogP) is 4.88. The van der Waals surface area contributed by atoms with Crippen LogP contribution in [0.2, 0.25) is 0 Å². The third kappa shape index (κ3) is 5.70. The molecule has 0 bridgehead atoms. The Balaban J connectivity index is 1.48. The zero-order chi connectivity index (χ0) is 58.4. The van der Waals surface area contributed by atoms with E-state index in [1.165, 1.54) is 0 Å². The average Bonchev–Trinajstić information content (AvgIpc) is 3.96. The van der Waals surface area contributed by atoms with Crippen LogP contribution in [0.25, 0.3) is 98.8 Å². The van der Waals surface area contributed by atoms with Crippen molar-refractivity contribution in [1.82, 2.24) is 0 Å². The van der Waals surface area contributed by atoms with Crippen molar-refractivity contribution in [2.24, 2.45) is 0 Å². The molecule has 0 saturated heterocycles. The van der Waals surface area contributed by atoms with Crippen molar-refractivity contribution in [2.45, 2.75) is 0 Å². The minimum atomic E-state index is -1.98. The Kier molecular flexibility index (Phi) is 9.86. The molecule has 10 rings (SSSR count). The normalized spacial score (nSPS) is 11.8. The Hall–Kier alpha value is -12.4. The molecule has 0 atom stereocenters. The summed E-state index contributed by atoms with van der Waals surface area (Å²) in [5.41, 5.74) is -15.2. The first kappa shape index (κ1) is 50.1. The van der Waals surface area contributed by atoms with E-state index in [2.05, 4.69) is 0 Å². The molecule has 31 nitrogen and oxygen atoms in total. The highest BCUT2D eigenvalue weighted by Gasteiger charge is 2.42. The second-order valence-corrected chi connectivity index (χ2v) is 17.2. The van der Waals surface area contributed by atoms with Gasteiger partial charge in [-0.15, -0.1) is 0 Å². The lowest BCUT2D eigenvalue weighted by Gasteiger charge is -2.26. The van der Waals surface area contributed by atoms with Gasteiger partial charge in [0.15, 0.2) is 109 Å². The number of hydrogen-bond donors (Lipinski definition) is 30. The van der Waals surface area contributed by atoms with Crippen molar-refractivity contribution in [3.8, 4) is 217 Å². The summed E-state index contributed by atoms with van der Waals surface area (Å²) in [6, 6.07) is 0. The Morgan fingerprint density at radius 2 is 0.291 bits per heavy atom. The fourth-order valence-corrected chi connectivity index (χ4v) is 9.71. The Bertz CT molecular complexity index is 4450. The van der Waals surface area contributed by atoms with Crippen LogP contribution in [0, 0.1) is 0 Å². The summed E-state index contributed by atoms with van der Waals surface area (Å²) in [5, 5.41) is 326. The first-order valence-corrected chi connectivity index (χ1v) is 21.1. The van der Waals surface area contributed by atoms with Crippen molar-refractivity contribution in [2.75, 3.05) is 0 Å². The fourth-order valence-electron chi connectivity index (χ4n) is 9.71. The summed E-state index contributed by atoms with van der Waals surface area (Å²) in [7, 11) is 0. The summed E-state index contributed by atoms with van der Waals surface area (Å²) < 4.78 is 5.56. The molecule has 10 aromatic rings. The van der Waals surface area contributed by atoms with Gasteiger partial charge in [0, 0.05) is 43.8 Å². The maximum atomic E-state index is 12.4. The molecular weight excluding hydrogens is 1070 g/mol. The highest BCUT2D eigenvalue weighted by Crippen LogP contribution is 2.71. The summed E-state index contributed by atoms with van der Waals surface area (Å²) in [6.45, 7) is 0. The van der Waals surface area contributed by atoms with Crippen molar-refractivity contribution in [3.63, 3.8) is 0 Å². The molecule has 0 fully saturated rings. The van der Waals surface area contributed by atoms with Crippen molar-refractivity contribution >= 4 is 54.3 Å². The molecule has 31 heteroatoms. The van der Waals surface area contributed by atoms with Crippen LogP contribution in [-0.4, -0.2) is 153 Å². The molecule has 0 amide bonds. The van der Waals surface area contributed by atoms with E-state index >= 15 is 0 Å². The van der Waals surface area contributed by atoms with Gasteiger partial charge >= 0.3 is 0 Å². The monoisotopic (exact) mass is 1100 g/mol. The third-order valence-electron chi connectivity index (χ3n) is 13.3. The highest BCUT2D eigenvalue weighted by atomic mass is 16.4. The molecule has 1 aromatic heterocycles. The second-order valence-electron chi connectivity index (χ2n) is 17.2. The quantitative estimate of drug-likeness (QED) is 0.0634. The van der Waals surface area contributed by atoms with Crippen LogP contribution in [0.15, 0.2) is 4.42 Å². The lowest BCUT2D eigenvalue weighted by Crippen LogP contribution is -1.98. The molecule has 0 spiro atoms. The van der Waals surface area contributed by atoms with Gasteiger partial charge in [0.2, 0.25) is 69.0 Å². The largest absolute Gasteiger partial charge is 0.506 e. The van der Waals surface area contributed by atoms with Gasteiger partial charge in [-0.25, -0.2) is 0 Å². The minimum absolute atomic E-state index is 1.01. The fraction of sp³-hybridized carbons (Fsp3) is 0. The number of aromatic hydroxyl groups is 30. The molecule has 0 radical (unpaired) electrons. The van der Waals surface area contributed by atoms with E-state index in [9.17, 15) is 153 Å². The Morgan fingerprint density at radius 1 is 0.114 bits per heavy atom. The number of benzene rings is 9. The minimum Gasteiger partial charge on any atom is -0.506 e. The topological polar surface area (TPSA) is 620 Å². The van der Waals surface area contributed by atoms with E-state index < -0.39 is 271 Å². The van der Waals surface area contributed by atoms with Crippen molar-refractivity contribution in [1.29, 1.82) is 0 Å². The van der Waals surface area contributed by atoms with Crippen molar-refractivity contribution < 1.29 is 158 Å². The van der Waals surface area contributed by atoms with E-state index in [4.69, 9.17) is 4.42 Å². The van der Waals surface area contributed by atoms with Gasteiger partial charge in [0.05, 0.1) is 43.8 Å². The van der Waals surface area contributed by atoms with Crippen LogP contribution in [-0.2, 0) is 0 Å². The van der Waals surface area contributed by atoms with Gasteiger partial charge in [-0.05, 0) is 0 Å². The average molecular weight is 1100 g/mol. The second kappa shape index (κ2) is 15.6. The first-order valence-electron chi connectivity index (χ1n) is 21.1. The van der Waals surface area contributed by atoms with E-state index in [0.29, 0.717) is 0 Å². The zero-order valence-corrected chi connectivity index (χ0v) is 37.8. The van der Waals surface area contributed by atoms with Gasteiger partial charge in [-0.1, -0.05) is 0 Å². The van der Waals surface area contributed by atoms with E-state index in [1.807, 2.05) is 0 Å². The van der Waals surface area contributed by atoms with Crippen LogP contribution >= 0.6 is 0 Å². The van der Waals surface area contributed by atoms with Gasteiger partial charge in [-0.3, -0.25) is 0 Å². The summed E-state index contributed by atoms with van der Waals surface area (Å²) in [4.78, 5) is 0. The number of phenolic OH excluding ortho intramolecular Hbond substituents is 30. The number of fused-ring (bicyclic) bond motifs is 7. The number of rotatable bonds is 4. The summed E-state index contributed by atoms with van der Waals surface area (Å²) in [5.74, 6) is -52.9. The van der Waals surface area contributed by atoms with Gasteiger partial charge in [-0.2, -0.15) is 0 Å². The molecule has 0 aliphatic rings. The molecule has 0 aliphatic carbocycles. The molecular formula is C48H30O31. The molecule has 0 unspecified atom stereocenters. The smallest absolute Gasteiger partial charge is 0.208 e. The molecule has 79 heavy (non-hydrogen) atoms. The lowest BCUT2D eigenvalue weighted by molar-refractivity contribution is 0.329. The van der Waals surface area contributed by atoms with Gasteiger partial charge in [0.25, 0.3) is 0 Å². The molecule has 30 N–H and O–H groups in total. The maximum absolute atomic E-state index is 12.4. The van der Waals surface area contributed by atoms with Crippen molar-refractivity contribution in [3.05, 3.63) is 0 Å². The SMILES string of the molecule is Oc1c(O)c(O)c(-c2c(O)c(O)c(-c3c(O)c(O)c(O)c(O)c3-c3c4c(O)c(O)c(O)c(O)c4c(-c4c(O)c(O)c5oc6c7c(O)c(O)c(O)c(O)c7c(O)c(O)c6c5c4O)c4c(O)c(O)c(O)c(O)c34)c(O)c2O)c(O)c1O. The summed E-state index contributed by atoms with van der Waals surface area (Å²) in [6.07, 6.45) is 0. The van der Waals surface area contributed by atoms with Crippen LogP contribution in [0.4, 0.5) is 0 Å². The molecule has 408 valence electrons. The molecule has 1 heterocycles. The van der Waals surface area contributed by atoms with Crippen LogP contribution in [0.5, 0.6) is 172 Å². The first-order chi connectivity index (χ1) is 36.8. The van der Waals surface area contributed by atoms with E-state index in [0.717, 1.165) is 0 Å². The van der Waals surface area contributed by atoms with Gasteiger partial charge < -0.3 is 158 Å². The zero-order valence-electron chi connectivity index (χ0n) is 37.8. The molecule has 9 aromatic carbocycles. The number of phenols is 30. The molecule has 0 aliphatic heterocycles. The van der Waals surface area contributed by atoms with E-state index in [1.54, 1.807) is 0 Å². The standard InChI is InChI=1S/C48H30O31/c49-17-9(32(64)46(78)48-15(17)16-33(65)28(60)13-14(47(16)79-48)34(66)44(76)41(73)31(13)63)2-6-3(18(50)35(67)38(70)21(6)53)1(4-7(2)22(54)39(71)36(68)19(4)51)5-8(23(55)40(72)37(69)20(5)52)10-24(56)26(58)11(27(59)25(10)57)12-29(61)42(74)45(77)43(75)30(12)62/h49-78H. The Labute approximate surface area is 428 Å². The molecule has 0 saturated carbocycles. The lowest BCUT2D eigenvalue weighted by atomic mass is 9.80. The summed E-state index contributed by atoms with van der Waals surface area (Å²) >= 11 is 0. The van der Waals surface area contributed by atoms with Gasteiger partial charge in [0.1, 0.15) is 5.75 Å². The van der Waals surface area contributed by atoms with Crippen LogP contribution < -0.4 is 0 Å². The Morgan fingerprint density at radius 3 is 0.658 bits per heavy atom. The predicted molar refractivity (Wildman–Crippen MR) is 258 cm³/mol. The van der Waals surface area contributed by atoms with Crippen LogP contribution in [0.3, 0.4) is 0 Å².